The van der Waals surface area contributed by atoms with Crippen molar-refractivity contribution < 1.29 is 9.53 Å². The van der Waals surface area contributed by atoms with E-state index in [-0.39, 0.29) is 11.7 Å². The molecule has 0 saturated carbocycles. The molecule has 3 rings (SSSR count). The van der Waals surface area contributed by atoms with Gasteiger partial charge in [0.1, 0.15) is 12.1 Å². The lowest BCUT2D eigenvalue weighted by Gasteiger charge is -2.08. The van der Waals surface area contributed by atoms with Crippen LogP contribution in [0.25, 0.3) is 5.69 Å². The van der Waals surface area contributed by atoms with Gasteiger partial charge in [-0.05, 0) is 30.3 Å². The minimum Gasteiger partial charge on any atom is -0.497 e. The number of nitrogens with zero attached hydrogens (tertiary/aromatic N) is 3. The van der Waals surface area contributed by atoms with Crippen LogP contribution in [0.4, 0.5) is 5.69 Å². The fraction of sp³-hybridized carbons (Fsp3) is 0.118. The summed E-state index contributed by atoms with van der Waals surface area (Å²) >= 11 is 7.32. The van der Waals surface area contributed by atoms with Crippen molar-refractivity contribution in [2.75, 3.05) is 18.2 Å². The highest BCUT2D eigenvalue weighted by Gasteiger charge is 2.11. The van der Waals surface area contributed by atoms with Gasteiger partial charge >= 0.3 is 0 Å². The van der Waals surface area contributed by atoms with Crippen molar-refractivity contribution in [3.8, 4) is 11.4 Å². The Balaban J connectivity index is 1.64. The Morgan fingerprint density at radius 3 is 2.92 bits per heavy atom. The maximum atomic E-state index is 12.2. The number of amides is 1. The smallest absolute Gasteiger partial charge is 0.234 e. The lowest BCUT2D eigenvalue weighted by molar-refractivity contribution is -0.113. The van der Waals surface area contributed by atoms with Crippen LogP contribution in [0.5, 0.6) is 5.75 Å². The molecule has 1 N–H and O–H groups in total. The molecule has 0 unspecified atom stereocenters. The van der Waals surface area contributed by atoms with E-state index in [1.165, 1.54) is 11.8 Å². The van der Waals surface area contributed by atoms with Crippen LogP contribution in [0.3, 0.4) is 0 Å². The number of carbonyl (C=O) groups is 1. The Bertz CT molecular complexity index is 884. The molecule has 0 aliphatic carbocycles. The molecule has 0 bridgehead atoms. The number of benzene rings is 2. The molecule has 1 aromatic heterocycles. The number of aromatic nitrogens is 3. The summed E-state index contributed by atoms with van der Waals surface area (Å²) in [6.45, 7) is 0. The zero-order chi connectivity index (χ0) is 17.6. The zero-order valence-electron chi connectivity index (χ0n) is 13.3. The first-order valence-corrected chi connectivity index (χ1v) is 8.75. The summed E-state index contributed by atoms with van der Waals surface area (Å²) in [5.41, 5.74) is 1.52. The van der Waals surface area contributed by atoms with Gasteiger partial charge in [-0.3, -0.25) is 9.36 Å². The van der Waals surface area contributed by atoms with Crippen LogP contribution < -0.4 is 10.1 Å². The standard InChI is InChI=1S/C17H15ClN4O2S/c1-24-15-7-3-5-13(9-15)20-16(23)10-25-17-21-19-11-22(17)14-6-2-4-12(18)8-14/h2-9,11H,10H2,1H3,(H,20,23). The molecular formula is C17H15ClN4O2S. The summed E-state index contributed by atoms with van der Waals surface area (Å²) in [6, 6.07) is 14.6. The van der Waals surface area contributed by atoms with Crippen LogP contribution in [0, 0.1) is 0 Å². The highest BCUT2D eigenvalue weighted by atomic mass is 35.5. The second-order valence-electron chi connectivity index (χ2n) is 5.03. The van der Waals surface area contributed by atoms with Gasteiger partial charge in [-0.25, -0.2) is 0 Å². The number of rotatable bonds is 6. The number of hydrogen-bond donors (Lipinski definition) is 1. The maximum Gasteiger partial charge on any atom is 0.234 e. The van der Waals surface area contributed by atoms with E-state index in [1.54, 1.807) is 36.2 Å². The molecule has 0 spiro atoms. The van der Waals surface area contributed by atoms with Gasteiger partial charge in [-0.1, -0.05) is 35.5 Å². The molecule has 1 amide bonds. The maximum absolute atomic E-state index is 12.2. The average molecular weight is 375 g/mol. The highest BCUT2D eigenvalue weighted by molar-refractivity contribution is 7.99. The minimum atomic E-state index is -0.140. The van der Waals surface area contributed by atoms with Crippen molar-refractivity contribution in [3.63, 3.8) is 0 Å². The predicted octanol–water partition coefficient (Wildman–Crippen LogP) is 3.66. The summed E-state index contributed by atoms with van der Waals surface area (Å²) in [4.78, 5) is 12.2. The number of ether oxygens (including phenoxy) is 1. The molecule has 0 aliphatic heterocycles. The van der Waals surface area contributed by atoms with Gasteiger partial charge in [0.25, 0.3) is 0 Å². The van der Waals surface area contributed by atoms with Gasteiger partial charge in [0.05, 0.1) is 18.6 Å². The molecule has 0 aliphatic rings. The van der Waals surface area contributed by atoms with E-state index in [9.17, 15) is 4.79 Å². The average Bonchev–Trinajstić information content (AvgIpc) is 3.09. The van der Waals surface area contributed by atoms with Gasteiger partial charge in [-0.15, -0.1) is 10.2 Å². The molecule has 25 heavy (non-hydrogen) atoms. The molecule has 8 heteroatoms. The Labute approximate surface area is 154 Å². The van der Waals surface area contributed by atoms with Crippen molar-refractivity contribution in [2.45, 2.75) is 5.16 Å². The van der Waals surface area contributed by atoms with Gasteiger partial charge in [-0.2, -0.15) is 0 Å². The second-order valence-corrected chi connectivity index (χ2v) is 6.41. The molecule has 0 atom stereocenters. The molecule has 128 valence electrons. The highest BCUT2D eigenvalue weighted by Crippen LogP contribution is 2.22. The Hall–Kier alpha value is -2.51. The summed E-state index contributed by atoms with van der Waals surface area (Å²) in [5.74, 6) is 0.751. The van der Waals surface area contributed by atoms with E-state index in [2.05, 4.69) is 15.5 Å². The van der Waals surface area contributed by atoms with E-state index >= 15 is 0 Å². The number of thioether (sulfide) groups is 1. The van der Waals surface area contributed by atoms with Gasteiger partial charge in [0.2, 0.25) is 5.91 Å². The quantitative estimate of drug-likeness (QED) is 0.667. The van der Waals surface area contributed by atoms with Gasteiger partial charge in [0, 0.05) is 16.8 Å². The number of nitrogens with one attached hydrogen (secondary N) is 1. The fourth-order valence-corrected chi connectivity index (χ4v) is 3.07. The van der Waals surface area contributed by atoms with Crippen molar-refractivity contribution in [3.05, 3.63) is 59.9 Å². The van der Waals surface area contributed by atoms with Crippen molar-refractivity contribution in [1.29, 1.82) is 0 Å². The number of anilines is 1. The predicted molar refractivity (Wildman–Crippen MR) is 98.7 cm³/mol. The molecule has 3 aromatic rings. The van der Waals surface area contributed by atoms with Crippen LogP contribution in [0.2, 0.25) is 5.02 Å². The summed E-state index contributed by atoms with van der Waals surface area (Å²) in [5, 5.41) is 12.0. The number of carbonyl (C=O) groups excluding carboxylic acids is 1. The minimum absolute atomic E-state index is 0.140. The summed E-state index contributed by atoms with van der Waals surface area (Å²) < 4.78 is 6.93. The number of methoxy groups -OCH3 is 1. The SMILES string of the molecule is COc1cccc(NC(=O)CSc2nncn2-c2cccc(Cl)c2)c1. The summed E-state index contributed by atoms with van der Waals surface area (Å²) in [6.07, 6.45) is 1.59. The fourth-order valence-electron chi connectivity index (χ4n) is 2.15. The van der Waals surface area contributed by atoms with E-state index in [0.717, 1.165) is 5.69 Å². The summed E-state index contributed by atoms with van der Waals surface area (Å²) in [7, 11) is 1.58. The third-order valence-corrected chi connectivity index (χ3v) is 4.47. The third kappa shape index (κ3) is 4.52. The van der Waals surface area contributed by atoms with Crippen molar-refractivity contribution >= 4 is 35.0 Å². The lowest BCUT2D eigenvalue weighted by Crippen LogP contribution is -2.14. The first-order valence-electron chi connectivity index (χ1n) is 7.38. The van der Waals surface area contributed by atoms with Gasteiger partial charge in [0.15, 0.2) is 5.16 Å². The molecular weight excluding hydrogens is 360 g/mol. The topological polar surface area (TPSA) is 69.0 Å². The molecule has 0 saturated heterocycles. The van der Waals surface area contributed by atoms with Crippen LogP contribution >= 0.6 is 23.4 Å². The van der Waals surface area contributed by atoms with E-state index < -0.39 is 0 Å². The van der Waals surface area contributed by atoms with Crippen LogP contribution in [0.1, 0.15) is 0 Å². The van der Waals surface area contributed by atoms with Gasteiger partial charge < -0.3 is 10.1 Å². The van der Waals surface area contributed by atoms with Crippen LogP contribution in [0.15, 0.2) is 60.0 Å². The monoisotopic (exact) mass is 374 g/mol. The van der Waals surface area contributed by atoms with Crippen LogP contribution in [-0.2, 0) is 4.79 Å². The van der Waals surface area contributed by atoms with E-state index in [4.69, 9.17) is 16.3 Å². The zero-order valence-corrected chi connectivity index (χ0v) is 14.9. The second kappa shape index (κ2) is 8.04. The number of halogens is 1. The van der Waals surface area contributed by atoms with E-state index in [0.29, 0.717) is 21.6 Å². The van der Waals surface area contributed by atoms with Crippen molar-refractivity contribution in [1.82, 2.24) is 14.8 Å². The Kier molecular flexibility index (Phi) is 5.57. The normalized spacial score (nSPS) is 10.5. The van der Waals surface area contributed by atoms with E-state index in [1.807, 2.05) is 30.3 Å². The van der Waals surface area contributed by atoms with Crippen molar-refractivity contribution in [2.24, 2.45) is 0 Å². The molecule has 6 nitrogen and oxygen atoms in total. The first kappa shape index (κ1) is 17.3. The lowest BCUT2D eigenvalue weighted by atomic mass is 10.3. The molecule has 0 fully saturated rings. The number of hydrogen-bond acceptors (Lipinski definition) is 5. The Morgan fingerprint density at radius 1 is 1.28 bits per heavy atom. The third-order valence-electron chi connectivity index (χ3n) is 3.29. The van der Waals surface area contributed by atoms with Crippen LogP contribution in [-0.4, -0.2) is 33.5 Å². The molecule has 1 heterocycles. The molecule has 2 aromatic carbocycles. The largest absolute Gasteiger partial charge is 0.497 e. The Morgan fingerprint density at radius 2 is 2.12 bits per heavy atom. The molecule has 0 radical (unpaired) electrons. The first-order chi connectivity index (χ1) is 12.2.